The van der Waals surface area contributed by atoms with Gasteiger partial charge >= 0.3 is 0 Å². The molecule has 0 heterocycles. The number of guanidine groups is 1. The van der Waals surface area contributed by atoms with E-state index in [0.29, 0.717) is 12.6 Å². The normalized spacial score (nSPS) is 10.3. The molecule has 0 aliphatic heterocycles. The van der Waals surface area contributed by atoms with E-state index in [9.17, 15) is 0 Å². The van der Waals surface area contributed by atoms with Crippen LogP contribution in [0.25, 0.3) is 0 Å². The molecule has 3 nitrogen and oxygen atoms in total. The molecule has 0 amide bonds. The Morgan fingerprint density at radius 1 is 1.54 bits per heavy atom. The van der Waals surface area contributed by atoms with Crippen LogP contribution < -0.4 is 5.32 Å². The Bertz CT molecular complexity index is 192. The van der Waals surface area contributed by atoms with Crippen molar-refractivity contribution >= 4 is 29.9 Å². The zero-order valence-electron chi connectivity index (χ0n) is 8.66. The zero-order chi connectivity index (χ0) is 9.56. The summed E-state index contributed by atoms with van der Waals surface area (Å²) in [6, 6.07) is 0.379. The van der Waals surface area contributed by atoms with Crippen LogP contribution in [0.4, 0.5) is 0 Å². The average Bonchev–Trinajstić information content (AvgIpc) is 1.96. The molecule has 0 saturated carbocycles. The number of nitrogens with one attached hydrogen (secondary N) is 1. The minimum atomic E-state index is 0. The van der Waals surface area contributed by atoms with E-state index < -0.39 is 0 Å². The summed E-state index contributed by atoms with van der Waals surface area (Å²) in [5, 5.41) is 3.19. The second-order valence-electron chi connectivity index (χ2n) is 3.04. The van der Waals surface area contributed by atoms with E-state index in [1.165, 1.54) is 0 Å². The molecule has 0 unspecified atom stereocenters. The van der Waals surface area contributed by atoms with Crippen LogP contribution >= 0.6 is 24.0 Å². The number of hydrogen-bond donors (Lipinski definition) is 1. The van der Waals surface area contributed by atoms with E-state index in [1.807, 2.05) is 19.0 Å². The van der Waals surface area contributed by atoms with Gasteiger partial charge in [-0.2, -0.15) is 0 Å². The summed E-state index contributed by atoms with van der Waals surface area (Å²) in [5.41, 5.74) is 0. The molecule has 0 saturated heterocycles. The van der Waals surface area contributed by atoms with Crippen molar-refractivity contribution < 1.29 is 0 Å². The first-order valence-corrected chi connectivity index (χ1v) is 3.99. The van der Waals surface area contributed by atoms with Gasteiger partial charge in [0.2, 0.25) is 0 Å². The Kier molecular flexibility index (Phi) is 9.46. The third kappa shape index (κ3) is 7.91. The molecule has 13 heavy (non-hydrogen) atoms. The number of rotatable bonds is 2. The van der Waals surface area contributed by atoms with Gasteiger partial charge in [-0.15, -0.1) is 30.4 Å². The van der Waals surface area contributed by atoms with Crippen molar-refractivity contribution in [1.29, 1.82) is 0 Å². The quantitative estimate of drug-likeness (QED) is 0.358. The Morgan fingerprint density at radius 2 is 2.08 bits per heavy atom. The molecule has 0 aromatic heterocycles. The molecule has 76 valence electrons. The Hall–Kier alpha value is -0.440. The third-order valence-corrected chi connectivity index (χ3v) is 1.16. The van der Waals surface area contributed by atoms with Gasteiger partial charge in [0.05, 0.1) is 0 Å². The average molecular weight is 295 g/mol. The van der Waals surface area contributed by atoms with E-state index in [0.717, 1.165) is 5.96 Å². The smallest absolute Gasteiger partial charge is 0.194 e. The maximum Gasteiger partial charge on any atom is 0.194 e. The van der Waals surface area contributed by atoms with Crippen LogP contribution in [-0.4, -0.2) is 37.5 Å². The van der Waals surface area contributed by atoms with Gasteiger partial charge in [0, 0.05) is 20.1 Å². The monoisotopic (exact) mass is 295 g/mol. The van der Waals surface area contributed by atoms with Crippen LogP contribution in [0.3, 0.4) is 0 Å². The fourth-order valence-corrected chi connectivity index (χ4v) is 0.695. The molecule has 4 heteroatoms. The lowest BCUT2D eigenvalue weighted by molar-refractivity contribution is 0.560. The van der Waals surface area contributed by atoms with Gasteiger partial charge < -0.3 is 10.2 Å². The largest absolute Gasteiger partial charge is 0.354 e. The van der Waals surface area contributed by atoms with Crippen molar-refractivity contribution in [3.05, 3.63) is 0 Å². The second kappa shape index (κ2) is 8.17. The van der Waals surface area contributed by atoms with Crippen molar-refractivity contribution in [3.8, 4) is 12.3 Å². The van der Waals surface area contributed by atoms with Crippen molar-refractivity contribution in [2.45, 2.75) is 19.9 Å². The highest BCUT2D eigenvalue weighted by Gasteiger charge is 2.01. The summed E-state index contributed by atoms with van der Waals surface area (Å²) in [6.45, 7) is 4.55. The Labute approximate surface area is 98.0 Å². The topological polar surface area (TPSA) is 27.6 Å². The van der Waals surface area contributed by atoms with Crippen molar-refractivity contribution in [3.63, 3.8) is 0 Å². The SMILES string of the molecule is C#CCN=C(NC(C)C)N(C)C.I. The minimum absolute atomic E-state index is 0. The molecule has 0 aliphatic carbocycles. The van der Waals surface area contributed by atoms with Gasteiger partial charge in [0.1, 0.15) is 6.54 Å². The van der Waals surface area contributed by atoms with Gasteiger partial charge in [-0.25, -0.2) is 4.99 Å². The van der Waals surface area contributed by atoms with E-state index in [2.05, 4.69) is 30.1 Å². The van der Waals surface area contributed by atoms with E-state index in [4.69, 9.17) is 6.42 Å². The van der Waals surface area contributed by atoms with E-state index >= 15 is 0 Å². The highest BCUT2D eigenvalue weighted by atomic mass is 127. The third-order valence-electron chi connectivity index (χ3n) is 1.16. The Morgan fingerprint density at radius 3 is 2.38 bits per heavy atom. The highest BCUT2D eigenvalue weighted by molar-refractivity contribution is 14.0. The lowest BCUT2D eigenvalue weighted by atomic mass is 10.4. The molecule has 0 aromatic rings. The van der Waals surface area contributed by atoms with Crippen molar-refractivity contribution in [2.75, 3.05) is 20.6 Å². The first-order chi connectivity index (χ1) is 5.57. The molecular weight excluding hydrogens is 277 g/mol. The summed E-state index contributed by atoms with van der Waals surface area (Å²) < 4.78 is 0. The number of halogens is 1. The number of nitrogens with zero attached hydrogens (tertiary/aromatic N) is 2. The summed E-state index contributed by atoms with van der Waals surface area (Å²) in [4.78, 5) is 6.09. The predicted molar refractivity (Wildman–Crippen MR) is 68.5 cm³/mol. The van der Waals surface area contributed by atoms with Gasteiger partial charge in [-0.05, 0) is 13.8 Å². The summed E-state index contributed by atoms with van der Waals surface area (Å²) >= 11 is 0. The standard InChI is InChI=1S/C9H17N3.HI/c1-6-7-10-9(12(4)5)11-8(2)3;/h1,8H,7H2,2-5H3,(H,10,11);1H. The minimum Gasteiger partial charge on any atom is -0.354 e. The van der Waals surface area contributed by atoms with Gasteiger partial charge in [-0.1, -0.05) is 5.92 Å². The van der Waals surface area contributed by atoms with Crippen molar-refractivity contribution in [2.24, 2.45) is 4.99 Å². The predicted octanol–water partition coefficient (Wildman–Crippen LogP) is 1.15. The molecule has 0 atom stereocenters. The molecular formula is C9H18IN3. The zero-order valence-corrected chi connectivity index (χ0v) is 11.0. The lowest BCUT2D eigenvalue weighted by Gasteiger charge is -2.19. The molecule has 0 fully saturated rings. The summed E-state index contributed by atoms with van der Waals surface area (Å²) in [6.07, 6.45) is 5.10. The maximum absolute atomic E-state index is 5.10. The highest BCUT2D eigenvalue weighted by Crippen LogP contribution is 1.84. The number of terminal acetylenes is 1. The number of hydrogen-bond acceptors (Lipinski definition) is 1. The molecule has 0 spiro atoms. The summed E-state index contributed by atoms with van der Waals surface area (Å²) in [5.74, 6) is 3.31. The fraction of sp³-hybridized carbons (Fsp3) is 0.667. The van der Waals surface area contributed by atoms with Gasteiger partial charge in [0.25, 0.3) is 0 Å². The van der Waals surface area contributed by atoms with Crippen LogP contribution in [0, 0.1) is 12.3 Å². The second-order valence-corrected chi connectivity index (χ2v) is 3.04. The molecule has 1 N–H and O–H groups in total. The van der Waals surface area contributed by atoms with E-state index in [1.54, 1.807) is 0 Å². The van der Waals surface area contributed by atoms with Crippen LogP contribution in [0.5, 0.6) is 0 Å². The lowest BCUT2D eigenvalue weighted by Crippen LogP contribution is -2.40. The maximum atomic E-state index is 5.10. The molecule has 0 aliphatic rings. The van der Waals surface area contributed by atoms with Gasteiger partial charge in [0.15, 0.2) is 5.96 Å². The van der Waals surface area contributed by atoms with Crippen LogP contribution in [0.15, 0.2) is 4.99 Å². The molecule has 0 radical (unpaired) electrons. The molecule has 0 bridgehead atoms. The number of aliphatic imine (C=N–C) groups is 1. The molecule has 0 aromatic carbocycles. The molecule has 0 rings (SSSR count). The van der Waals surface area contributed by atoms with E-state index in [-0.39, 0.29) is 24.0 Å². The summed E-state index contributed by atoms with van der Waals surface area (Å²) in [7, 11) is 3.87. The van der Waals surface area contributed by atoms with Crippen molar-refractivity contribution in [1.82, 2.24) is 10.2 Å². The first-order valence-electron chi connectivity index (χ1n) is 3.99. The first kappa shape index (κ1) is 15.1. The fourth-order valence-electron chi connectivity index (χ4n) is 0.695. The van der Waals surface area contributed by atoms with Crippen LogP contribution in [-0.2, 0) is 0 Å². The Balaban J connectivity index is 0. The van der Waals surface area contributed by atoms with Crippen LogP contribution in [0.1, 0.15) is 13.8 Å². The van der Waals surface area contributed by atoms with Crippen LogP contribution in [0.2, 0.25) is 0 Å². The van der Waals surface area contributed by atoms with Gasteiger partial charge in [-0.3, -0.25) is 0 Å².